The van der Waals surface area contributed by atoms with Crippen molar-refractivity contribution >= 4 is 60.8 Å². The zero-order chi connectivity index (χ0) is 50.2. The first-order chi connectivity index (χ1) is 35.4. The molecular weight excluding hydrogens is 1040 g/mol. The van der Waals surface area contributed by atoms with E-state index in [9.17, 15) is 0 Å². The van der Waals surface area contributed by atoms with E-state index < -0.39 is 0 Å². The van der Waals surface area contributed by atoms with E-state index in [1.54, 1.807) is 60.7 Å². The van der Waals surface area contributed by atoms with Gasteiger partial charge in [-0.1, -0.05) is 68.7 Å². The Bertz CT molecular complexity index is 2650. The Morgan fingerprint density at radius 1 is 0.292 bits per heavy atom. The van der Waals surface area contributed by atoms with Crippen molar-refractivity contribution in [1.82, 2.24) is 0 Å². The molecule has 378 valence electrons. The van der Waals surface area contributed by atoms with Gasteiger partial charge in [-0.2, -0.15) is 12.6 Å². The molecule has 0 amide bonds. The lowest BCUT2D eigenvalue weighted by molar-refractivity contribution is -0.432. The Labute approximate surface area is 435 Å². The highest BCUT2D eigenvalue weighted by molar-refractivity contribution is 7.95. The van der Waals surface area contributed by atoms with Gasteiger partial charge in [-0.05, 0) is 124 Å². The Morgan fingerprint density at radius 3 is 0.903 bits per heavy atom. The molecule has 0 aliphatic rings. The van der Waals surface area contributed by atoms with Gasteiger partial charge in [-0.15, -0.1) is 17.3 Å². The summed E-state index contributed by atoms with van der Waals surface area (Å²) in [6, 6.07) is 46.1. The maximum absolute atomic E-state index is 8.58. The van der Waals surface area contributed by atoms with E-state index in [1.165, 1.54) is 0 Å². The second-order valence-electron chi connectivity index (χ2n) is 14.8. The molecule has 7 aromatic rings. The van der Waals surface area contributed by atoms with Gasteiger partial charge in [0.1, 0.15) is 74.1 Å². The second-order valence-corrected chi connectivity index (χ2v) is 18.2. The average Bonchev–Trinajstić information content (AvgIpc) is 3.42. The fourth-order valence-electron chi connectivity index (χ4n) is 6.48. The van der Waals surface area contributed by atoms with Gasteiger partial charge < -0.3 is 28.4 Å². The standard InChI is InChI=1S/C49H44O18S5/c50-60-64-69-46-10-4-33(5-11-46)26-54-40-16-37(17-41(23-40)55-27-34-6-12-47(13-7-34)70-65-61-51)30-58-44-20-39(32-68)21-45(25-44)59-31-38-18-42(56-28-35-8-14-48(15-9-35)71-66-62-52)24-43(19-38)57-29-36-2-1-3-49(22-36)72-67-63-53/h1-25,50-53,68H,26-32H2. The molecule has 23 heteroatoms. The highest BCUT2D eigenvalue weighted by Gasteiger charge is 2.12. The van der Waals surface area contributed by atoms with E-state index in [1.807, 2.05) is 91.0 Å². The number of benzene rings is 7. The van der Waals surface area contributed by atoms with Gasteiger partial charge in [-0.25, -0.2) is 21.0 Å². The lowest BCUT2D eigenvalue weighted by Gasteiger charge is -2.16. The van der Waals surface area contributed by atoms with Gasteiger partial charge in [-0.3, -0.25) is 0 Å². The Kier molecular flexibility index (Phi) is 22.6. The van der Waals surface area contributed by atoms with Crippen molar-refractivity contribution in [1.29, 1.82) is 0 Å². The van der Waals surface area contributed by atoms with Crippen molar-refractivity contribution in [2.75, 3.05) is 0 Å². The zero-order valence-electron chi connectivity index (χ0n) is 37.5. The first-order valence-corrected chi connectivity index (χ1v) is 24.7. The van der Waals surface area contributed by atoms with Crippen LogP contribution in [0, 0.1) is 0 Å². The van der Waals surface area contributed by atoms with E-state index in [0.717, 1.165) is 87.1 Å². The van der Waals surface area contributed by atoms with Crippen molar-refractivity contribution in [3.63, 3.8) is 0 Å². The van der Waals surface area contributed by atoms with Gasteiger partial charge in [0.25, 0.3) is 0 Å². The highest BCUT2D eigenvalue weighted by Crippen LogP contribution is 2.32. The van der Waals surface area contributed by atoms with E-state index >= 15 is 0 Å². The minimum Gasteiger partial charge on any atom is -0.489 e. The van der Waals surface area contributed by atoms with Crippen molar-refractivity contribution < 1.29 is 86.9 Å². The number of ether oxygens (including phenoxy) is 6. The molecular formula is C49H44O18S5. The molecule has 0 atom stereocenters. The van der Waals surface area contributed by atoms with Crippen LogP contribution in [0.5, 0.6) is 34.5 Å². The number of rotatable bonds is 31. The van der Waals surface area contributed by atoms with E-state index in [0.29, 0.717) is 59.8 Å². The van der Waals surface area contributed by atoms with Gasteiger partial charge in [0, 0.05) is 43.5 Å². The molecule has 0 fully saturated rings. The van der Waals surface area contributed by atoms with E-state index in [4.69, 9.17) is 49.5 Å². The lowest BCUT2D eigenvalue weighted by atomic mass is 10.2. The summed E-state index contributed by atoms with van der Waals surface area (Å²) in [5.41, 5.74) is 5.88. The summed E-state index contributed by atoms with van der Waals surface area (Å²) in [7, 11) is 0. The topological polar surface area (TPSA) is 210 Å². The lowest BCUT2D eigenvalue weighted by Crippen LogP contribution is -2.03. The van der Waals surface area contributed by atoms with Gasteiger partial charge in [0.15, 0.2) is 0 Å². The maximum Gasteiger partial charge on any atom is 0.123 e. The van der Waals surface area contributed by atoms with Crippen LogP contribution in [0.4, 0.5) is 0 Å². The Morgan fingerprint density at radius 2 is 0.583 bits per heavy atom. The summed E-state index contributed by atoms with van der Waals surface area (Å²) in [6.45, 7) is 1.24. The minimum absolute atomic E-state index is 0.144. The molecule has 0 saturated heterocycles. The number of thiol groups is 1. The monoisotopic (exact) mass is 1080 g/mol. The number of hydrogen-bond acceptors (Lipinski definition) is 23. The van der Waals surface area contributed by atoms with Crippen LogP contribution in [0.15, 0.2) is 171 Å². The predicted octanol–water partition coefficient (Wildman–Crippen LogP) is 13.3. The fourth-order valence-corrected chi connectivity index (χ4v) is 8.17. The summed E-state index contributed by atoms with van der Waals surface area (Å²) in [5.74, 6) is 3.67. The van der Waals surface area contributed by atoms with E-state index in [2.05, 4.69) is 50.1 Å². The SMILES string of the molecule is OOOSc1ccc(COc2cc(COc3cc(CS)cc(OCc4cc(OCc5ccc(SOOO)cc5)cc(OCc5cccc(SOOO)c5)c4)c3)cc(OCc3ccc(SOOO)cc3)c2)cc1. The third-order valence-electron chi connectivity index (χ3n) is 9.75. The van der Waals surface area contributed by atoms with Crippen LogP contribution in [-0.4, -0.2) is 21.0 Å². The van der Waals surface area contributed by atoms with Crippen molar-refractivity contribution in [2.24, 2.45) is 0 Å². The van der Waals surface area contributed by atoms with Crippen molar-refractivity contribution in [2.45, 2.75) is 65.0 Å². The normalized spacial score (nSPS) is 11.1. The quantitative estimate of drug-likeness (QED) is 0.0118. The molecule has 7 rings (SSSR count). The van der Waals surface area contributed by atoms with Gasteiger partial charge in [0.05, 0.1) is 48.2 Å². The van der Waals surface area contributed by atoms with Crippen LogP contribution >= 0.6 is 60.8 Å². The molecule has 0 unspecified atom stereocenters. The van der Waals surface area contributed by atoms with Crippen LogP contribution in [0.3, 0.4) is 0 Å². The molecule has 72 heavy (non-hydrogen) atoms. The minimum atomic E-state index is 0.144. The molecule has 0 radical (unpaired) electrons. The van der Waals surface area contributed by atoms with E-state index in [-0.39, 0.29) is 39.6 Å². The Balaban J connectivity index is 1.05. The van der Waals surface area contributed by atoms with Crippen molar-refractivity contribution in [3.8, 4) is 34.5 Å². The van der Waals surface area contributed by atoms with Crippen molar-refractivity contribution in [3.05, 3.63) is 191 Å². The zero-order valence-corrected chi connectivity index (χ0v) is 41.6. The fraction of sp³-hybridized carbons (Fsp3) is 0.143. The molecule has 18 nitrogen and oxygen atoms in total. The molecule has 0 spiro atoms. The predicted molar refractivity (Wildman–Crippen MR) is 266 cm³/mol. The Hall–Kier alpha value is -5.39. The van der Waals surface area contributed by atoms with Crippen LogP contribution in [0.1, 0.15) is 38.9 Å². The second kappa shape index (κ2) is 30.0. The third kappa shape index (κ3) is 18.6. The molecule has 0 heterocycles. The molecule has 0 aliphatic heterocycles. The van der Waals surface area contributed by atoms with Crippen LogP contribution in [0.25, 0.3) is 0 Å². The van der Waals surface area contributed by atoms with Crippen LogP contribution in [-0.2, 0) is 82.9 Å². The summed E-state index contributed by atoms with van der Waals surface area (Å²) in [5, 5.41) is 48.8. The third-order valence-corrected chi connectivity index (χ3v) is 12.5. The summed E-state index contributed by atoms with van der Waals surface area (Å²) < 4.78 is 55.9. The molecule has 0 aliphatic carbocycles. The summed E-state index contributed by atoms with van der Waals surface area (Å²) in [6.07, 6.45) is 0. The van der Waals surface area contributed by atoms with Crippen LogP contribution < -0.4 is 28.4 Å². The largest absolute Gasteiger partial charge is 0.489 e. The highest BCUT2D eigenvalue weighted by atomic mass is 32.2. The number of hydrogen-bond donors (Lipinski definition) is 5. The molecule has 7 aromatic carbocycles. The maximum atomic E-state index is 8.58. The van der Waals surface area contributed by atoms with Gasteiger partial charge >= 0.3 is 0 Å². The summed E-state index contributed by atoms with van der Waals surface area (Å²) >= 11 is 7.99. The average molecular weight is 1080 g/mol. The summed E-state index contributed by atoms with van der Waals surface area (Å²) in [4.78, 5) is 2.84. The smallest absolute Gasteiger partial charge is 0.123 e. The van der Waals surface area contributed by atoms with Crippen LogP contribution in [0.2, 0.25) is 0 Å². The molecule has 0 saturated carbocycles. The first-order valence-electron chi connectivity index (χ1n) is 21.1. The molecule has 4 N–H and O–H groups in total. The first kappa shape index (κ1) is 54.4. The molecule has 0 aromatic heterocycles. The van der Waals surface area contributed by atoms with Gasteiger partial charge in [0.2, 0.25) is 0 Å². The molecule has 0 bridgehead atoms.